The molecule has 1 aromatic rings. The zero-order valence-electron chi connectivity index (χ0n) is 12.0. The molecule has 0 fully saturated rings. The molecule has 0 aliphatic rings. The first-order valence-electron chi connectivity index (χ1n) is 6.13. The van der Waals surface area contributed by atoms with Crippen LogP contribution in [0.5, 0.6) is 0 Å². The minimum absolute atomic E-state index is 0.178. The van der Waals surface area contributed by atoms with E-state index in [1.54, 1.807) is 0 Å². The van der Waals surface area contributed by atoms with Crippen LogP contribution in [0.15, 0.2) is 18.7 Å². The first kappa shape index (κ1) is 14.5. The van der Waals surface area contributed by atoms with E-state index in [4.69, 9.17) is 4.74 Å². The van der Waals surface area contributed by atoms with Gasteiger partial charge >= 0.3 is 5.97 Å². The van der Waals surface area contributed by atoms with Crippen LogP contribution in [-0.2, 0) is 16.0 Å². The van der Waals surface area contributed by atoms with Crippen molar-refractivity contribution in [3.8, 4) is 0 Å². The van der Waals surface area contributed by atoms with Crippen LogP contribution in [0.25, 0.3) is 6.08 Å². The lowest BCUT2D eigenvalue weighted by Gasteiger charge is -2.23. The lowest BCUT2D eigenvalue weighted by molar-refractivity contribution is -0.150. The molecule has 0 atom stereocenters. The second-order valence-electron chi connectivity index (χ2n) is 5.34. The maximum atomic E-state index is 11.7. The highest BCUT2D eigenvalue weighted by Gasteiger charge is 2.29. The fourth-order valence-corrected chi connectivity index (χ4v) is 2.24. The minimum Gasteiger partial charge on any atom is -0.469 e. The summed E-state index contributed by atoms with van der Waals surface area (Å²) < 4.78 is 4.85. The Bertz CT molecular complexity index is 470. The molecule has 0 aromatic heterocycles. The SMILES string of the molecule is C=Cc1c(C)ccc(CC(C)(C)C(=O)OC)c1C. The van der Waals surface area contributed by atoms with Gasteiger partial charge in [0.2, 0.25) is 0 Å². The number of carbonyl (C=O) groups excluding carboxylic acids is 1. The number of aryl methyl sites for hydroxylation is 1. The van der Waals surface area contributed by atoms with E-state index < -0.39 is 5.41 Å². The number of hydrogen-bond acceptors (Lipinski definition) is 2. The Labute approximate surface area is 110 Å². The fourth-order valence-electron chi connectivity index (χ4n) is 2.24. The Morgan fingerprint density at radius 3 is 2.50 bits per heavy atom. The van der Waals surface area contributed by atoms with Crippen LogP contribution in [-0.4, -0.2) is 13.1 Å². The van der Waals surface area contributed by atoms with Crippen molar-refractivity contribution in [2.24, 2.45) is 5.41 Å². The van der Waals surface area contributed by atoms with Crippen LogP contribution in [0.2, 0.25) is 0 Å². The Morgan fingerprint density at radius 1 is 1.39 bits per heavy atom. The van der Waals surface area contributed by atoms with Gasteiger partial charge in [0, 0.05) is 0 Å². The molecule has 0 unspecified atom stereocenters. The van der Waals surface area contributed by atoms with Gasteiger partial charge in [-0.05, 0) is 56.4 Å². The van der Waals surface area contributed by atoms with E-state index >= 15 is 0 Å². The van der Waals surface area contributed by atoms with Crippen molar-refractivity contribution in [2.75, 3.05) is 7.11 Å². The fraction of sp³-hybridized carbons (Fsp3) is 0.438. The number of esters is 1. The number of ether oxygens (including phenoxy) is 1. The maximum Gasteiger partial charge on any atom is 0.311 e. The van der Waals surface area contributed by atoms with Crippen molar-refractivity contribution in [1.82, 2.24) is 0 Å². The largest absolute Gasteiger partial charge is 0.469 e. The number of rotatable bonds is 4. The molecule has 2 heteroatoms. The summed E-state index contributed by atoms with van der Waals surface area (Å²) in [4.78, 5) is 11.7. The molecule has 0 aliphatic carbocycles. The third-order valence-electron chi connectivity index (χ3n) is 3.42. The monoisotopic (exact) mass is 246 g/mol. The van der Waals surface area contributed by atoms with Gasteiger partial charge in [-0.15, -0.1) is 0 Å². The number of hydrogen-bond donors (Lipinski definition) is 0. The van der Waals surface area contributed by atoms with Crippen LogP contribution < -0.4 is 0 Å². The molecule has 2 nitrogen and oxygen atoms in total. The number of carbonyl (C=O) groups is 1. The molecule has 1 rings (SSSR count). The van der Waals surface area contributed by atoms with Crippen molar-refractivity contribution < 1.29 is 9.53 Å². The van der Waals surface area contributed by atoms with Crippen LogP contribution in [0, 0.1) is 19.3 Å². The van der Waals surface area contributed by atoms with E-state index in [0.29, 0.717) is 6.42 Å². The summed E-state index contributed by atoms with van der Waals surface area (Å²) in [6.07, 6.45) is 2.55. The molecular weight excluding hydrogens is 224 g/mol. The molecule has 0 amide bonds. The Hall–Kier alpha value is -1.57. The van der Waals surface area contributed by atoms with E-state index in [0.717, 1.165) is 5.56 Å². The standard InChI is InChI=1S/C16H22O2/c1-7-14-11(2)8-9-13(12(14)3)10-16(4,5)15(17)18-6/h7-9H,1,10H2,2-6H3. The van der Waals surface area contributed by atoms with E-state index in [2.05, 4.69) is 32.6 Å². The molecule has 0 spiro atoms. The highest BCUT2D eigenvalue weighted by atomic mass is 16.5. The van der Waals surface area contributed by atoms with Gasteiger partial charge in [-0.3, -0.25) is 4.79 Å². The first-order valence-corrected chi connectivity index (χ1v) is 6.13. The molecular formula is C16H22O2. The summed E-state index contributed by atoms with van der Waals surface area (Å²) in [5, 5.41) is 0. The zero-order valence-corrected chi connectivity index (χ0v) is 12.0. The average molecular weight is 246 g/mol. The van der Waals surface area contributed by atoms with Gasteiger partial charge in [0.05, 0.1) is 12.5 Å². The number of benzene rings is 1. The summed E-state index contributed by atoms with van der Waals surface area (Å²) in [5.41, 5.74) is 4.23. The molecule has 18 heavy (non-hydrogen) atoms. The van der Waals surface area contributed by atoms with Crippen LogP contribution in [0.3, 0.4) is 0 Å². The molecule has 0 saturated heterocycles. The van der Waals surface area contributed by atoms with Crippen molar-refractivity contribution in [1.29, 1.82) is 0 Å². The van der Waals surface area contributed by atoms with E-state index in [1.165, 1.54) is 23.8 Å². The van der Waals surface area contributed by atoms with Gasteiger partial charge < -0.3 is 4.74 Å². The van der Waals surface area contributed by atoms with Gasteiger partial charge in [-0.25, -0.2) is 0 Å². The third-order valence-corrected chi connectivity index (χ3v) is 3.42. The zero-order chi connectivity index (χ0) is 13.9. The summed E-state index contributed by atoms with van der Waals surface area (Å²) in [7, 11) is 1.43. The summed E-state index contributed by atoms with van der Waals surface area (Å²) in [5.74, 6) is -0.178. The minimum atomic E-state index is -0.507. The summed E-state index contributed by atoms with van der Waals surface area (Å²) in [6, 6.07) is 4.16. The Balaban J connectivity index is 3.13. The molecule has 1 aromatic carbocycles. The smallest absolute Gasteiger partial charge is 0.311 e. The second-order valence-corrected chi connectivity index (χ2v) is 5.34. The Morgan fingerprint density at radius 2 is 2.00 bits per heavy atom. The topological polar surface area (TPSA) is 26.3 Å². The summed E-state index contributed by atoms with van der Waals surface area (Å²) >= 11 is 0. The molecule has 0 N–H and O–H groups in total. The van der Waals surface area contributed by atoms with Crippen molar-refractivity contribution >= 4 is 12.0 Å². The quantitative estimate of drug-likeness (QED) is 0.757. The van der Waals surface area contributed by atoms with E-state index in [1.807, 2.05) is 19.9 Å². The molecule has 98 valence electrons. The summed E-state index contributed by atoms with van der Waals surface area (Å²) in [6.45, 7) is 11.8. The second kappa shape index (κ2) is 5.38. The van der Waals surface area contributed by atoms with Crippen molar-refractivity contribution in [3.63, 3.8) is 0 Å². The number of methoxy groups -OCH3 is 1. The van der Waals surface area contributed by atoms with Crippen LogP contribution in [0.1, 0.15) is 36.1 Å². The Kier molecular flexibility index (Phi) is 4.33. The van der Waals surface area contributed by atoms with Crippen molar-refractivity contribution in [3.05, 3.63) is 41.0 Å². The highest BCUT2D eigenvalue weighted by molar-refractivity contribution is 5.76. The normalized spacial score (nSPS) is 11.2. The van der Waals surface area contributed by atoms with Crippen molar-refractivity contribution in [2.45, 2.75) is 34.1 Å². The van der Waals surface area contributed by atoms with Gasteiger partial charge in [0.25, 0.3) is 0 Å². The average Bonchev–Trinajstić information content (AvgIpc) is 2.32. The van der Waals surface area contributed by atoms with E-state index in [-0.39, 0.29) is 5.97 Å². The highest BCUT2D eigenvalue weighted by Crippen LogP contribution is 2.28. The predicted molar refractivity (Wildman–Crippen MR) is 75.5 cm³/mol. The van der Waals surface area contributed by atoms with Gasteiger partial charge in [0.1, 0.15) is 0 Å². The molecule has 0 saturated carbocycles. The van der Waals surface area contributed by atoms with Gasteiger partial charge in [0.15, 0.2) is 0 Å². The lowest BCUT2D eigenvalue weighted by Crippen LogP contribution is -2.28. The van der Waals surface area contributed by atoms with E-state index in [9.17, 15) is 4.79 Å². The molecule has 0 radical (unpaired) electrons. The molecule has 0 bridgehead atoms. The maximum absolute atomic E-state index is 11.7. The van der Waals surface area contributed by atoms with Gasteiger partial charge in [-0.2, -0.15) is 0 Å². The van der Waals surface area contributed by atoms with Crippen LogP contribution in [0.4, 0.5) is 0 Å². The molecule has 0 aliphatic heterocycles. The molecule has 0 heterocycles. The predicted octanol–water partition coefficient (Wildman–Crippen LogP) is 3.69. The third kappa shape index (κ3) is 2.81. The van der Waals surface area contributed by atoms with Crippen LogP contribution >= 0.6 is 0 Å². The lowest BCUT2D eigenvalue weighted by atomic mass is 9.83. The van der Waals surface area contributed by atoms with Gasteiger partial charge in [-0.1, -0.05) is 24.8 Å². The first-order chi connectivity index (χ1) is 8.33.